The number of hydrogen-bond acceptors (Lipinski definition) is 2. The number of rotatable bonds is 6. The molecule has 0 radical (unpaired) electrons. The van der Waals surface area contributed by atoms with Gasteiger partial charge in [0.25, 0.3) is 0 Å². The van der Waals surface area contributed by atoms with Gasteiger partial charge in [-0.3, -0.25) is 4.79 Å². The van der Waals surface area contributed by atoms with Crippen molar-refractivity contribution in [3.8, 4) is 0 Å². The third kappa shape index (κ3) is 6.54. The van der Waals surface area contributed by atoms with Crippen LogP contribution in [0, 0.1) is 5.82 Å². The zero-order valence-electron chi connectivity index (χ0n) is 13.7. The molecule has 3 amide bonds. The van der Waals surface area contributed by atoms with Gasteiger partial charge in [0.05, 0.1) is 12.6 Å². The zero-order valence-corrected chi connectivity index (χ0v) is 15.3. The molecule has 2 aromatic carbocycles. The molecule has 3 N–H and O–H groups in total. The Bertz CT molecular complexity index is 720. The van der Waals surface area contributed by atoms with Gasteiger partial charge in [-0.2, -0.15) is 0 Å². The normalized spacial score (nSPS) is 11.5. The van der Waals surface area contributed by atoms with Gasteiger partial charge in [-0.25, -0.2) is 9.18 Å². The molecule has 0 aliphatic rings. The van der Waals surface area contributed by atoms with Crippen LogP contribution in [0.15, 0.2) is 53.0 Å². The lowest BCUT2D eigenvalue weighted by Gasteiger charge is -2.15. The minimum Gasteiger partial charge on any atom is -0.348 e. The van der Waals surface area contributed by atoms with Crippen LogP contribution in [0.1, 0.15) is 24.1 Å². The predicted molar refractivity (Wildman–Crippen MR) is 97.3 cm³/mol. The van der Waals surface area contributed by atoms with Gasteiger partial charge in [0.1, 0.15) is 5.82 Å². The molecule has 0 saturated heterocycles. The van der Waals surface area contributed by atoms with Crippen LogP contribution >= 0.6 is 15.9 Å². The quantitative estimate of drug-likeness (QED) is 0.687. The van der Waals surface area contributed by atoms with Crippen LogP contribution in [-0.4, -0.2) is 18.5 Å². The van der Waals surface area contributed by atoms with Crippen molar-refractivity contribution in [2.45, 2.75) is 19.5 Å². The van der Waals surface area contributed by atoms with Crippen LogP contribution in [-0.2, 0) is 11.3 Å². The minimum atomic E-state index is -0.462. The van der Waals surface area contributed by atoms with E-state index in [0.29, 0.717) is 0 Å². The summed E-state index contributed by atoms with van der Waals surface area (Å²) in [6, 6.07) is 12.8. The molecule has 0 aromatic heterocycles. The molecule has 0 aliphatic carbocycles. The SMILES string of the molecule is CC(NC(=O)CNC(=O)NCc1ccc(F)cc1)c1ccc(Br)cc1. The Hall–Kier alpha value is -2.41. The molecule has 0 aliphatic heterocycles. The molecule has 1 atom stereocenters. The fraction of sp³-hybridized carbons (Fsp3) is 0.222. The first kappa shape index (κ1) is 18.9. The van der Waals surface area contributed by atoms with Gasteiger partial charge < -0.3 is 16.0 Å². The highest BCUT2D eigenvalue weighted by atomic mass is 79.9. The van der Waals surface area contributed by atoms with Crippen molar-refractivity contribution in [3.63, 3.8) is 0 Å². The smallest absolute Gasteiger partial charge is 0.315 e. The second-order valence-corrected chi connectivity index (χ2v) is 6.42. The molecular formula is C18H19BrFN3O2. The van der Waals surface area contributed by atoms with Crippen molar-refractivity contribution >= 4 is 27.9 Å². The fourth-order valence-corrected chi connectivity index (χ4v) is 2.40. The number of hydrogen-bond donors (Lipinski definition) is 3. The summed E-state index contributed by atoms with van der Waals surface area (Å²) in [5, 5.41) is 7.91. The van der Waals surface area contributed by atoms with Crippen molar-refractivity contribution < 1.29 is 14.0 Å². The maximum Gasteiger partial charge on any atom is 0.315 e. The summed E-state index contributed by atoms with van der Waals surface area (Å²) in [4.78, 5) is 23.6. The molecule has 2 rings (SSSR count). The highest BCUT2D eigenvalue weighted by Crippen LogP contribution is 2.16. The number of carbonyl (C=O) groups excluding carboxylic acids is 2. The van der Waals surface area contributed by atoms with E-state index in [9.17, 15) is 14.0 Å². The lowest BCUT2D eigenvalue weighted by atomic mass is 10.1. The van der Waals surface area contributed by atoms with Crippen LogP contribution in [0.5, 0.6) is 0 Å². The Labute approximate surface area is 154 Å². The highest BCUT2D eigenvalue weighted by molar-refractivity contribution is 9.10. The van der Waals surface area contributed by atoms with Gasteiger partial charge in [-0.15, -0.1) is 0 Å². The second kappa shape index (κ2) is 9.17. The number of halogens is 2. The maximum absolute atomic E-state index is 12.8. The summed E-state index contributed by atoms with van der Waals surface area (Å²) >= 11 is 3.36. The molecule has 0 bridgehead atoms. The van der Waals surface area contributed by atoms with E-state index in [1.165, 1.54) is 12.1 Å². The topological polar surface area (TPSA) is 70.2 Å². The van der Waals surface area contributed by atoms with Crippen molar-refractivity contribution in [3.05, 3.63) is 69.9 Å². The molecule has 2 aromatic rings. The number of carbonyl (C=O) groups is 2. The van der Waals surface area contributed by atoms with Gasteiger partial charge >= 0.3 is 6.03 Å². The van der Waals surface area contributed by atoms with Crippen LogP contribution in [0.2, 0.25) is 0 Å². The monoisotopic (exact) mass is 407 g/mol. The van der Waals surface area contributed by atoms with E-state index in [0.717, 1.165) is 15.6 Å². The van der Waals surface area contributed by atoms with Gasteiger partial charge in [0.15, 0.2) is 0 Å². The minimum absolute atomic E-state index is 0.129. The lowest BCUT2D eigenvalue weighted by Crippen LogP contribution is -2.42. The van der Waals surface area contributed by atoms with Crippen molar-refractivity contribution in [1.29, 1.82) is 0 Å². The Morgan fingerprint density at radius 3 is 2.32 bits per heavy atom. The van der Waals surface area contributed by atoms with E-state index >= 15 is 0 Å². The summed E-state index contributed by atoms with van der Waals surface area (Å²) < 4.78 is 13.8. The molecular weight excluding hydrogens is 389 g/mol. The summed E-state index contributed by atoms with van der Waals surface area (Å²) in [5.74, 6) is -0.614. The van der Waals surface area contributed by atoms with E-state index in [2.05, 4.69) is 31.9 Å². The number of urea groups is 1. The summed E-state index contributed by atoms with van der Waals surface area (Å²) in [5.41, 5.74) is 1.74. The average molecular weight is 408 g/mol. The molecule has 5 nitrogen and oxygen atoms in total. The fourth-order valence-electron chi connectivity index (χ4n) is 2.13. The van der Waals surface area contributed by atoms with Crippen LogP contribution < -0.4 is 16.0 Å². The van der Waals surface area contributed by atoms with Crippen LogP contribution in [0.25, 0.3) is 0 Å². The molecule has 1 unspecified atom stereocenters. The van der Waals surface area contributed by atoms with Crippen molar-refractivity contribution in [2.75, 3.05) is 6.54 Å². The Morgan fingerprint density at radius 1 is 1.04 bits per heavy atom. The first-order valence-corrected chi connectivity index (χ1v) is 8.54. The molecule has 7 heteroatoms. The molecule has 0 heterocycles. The van der Waals surface area contributed by atoms with Crippen molar-refractivity contribution in [2.24, 2.45) is 0 Å². The second-order valence-electron chi connectivity index (χ2n) is 5.50. The Morgan fingerprint density at radius 2 is 1.68 bits per heavy atom. The number of benzene rings is 2. The van der Waals surface area contributed by atoms with E-state index < -0.39 is 6.03 Å². The van der Waals surface area contributed by atoms with Gasteiger partial charge in [-0.05, 0) is 42.3 Å². The summed E-state index contributed by atoms with van der Waals surface area (Å²) in [6.45, 7) is 1.99. The first-order valence-electron chi connectivity index (χ1n) is 7.75. The molecule has 0 spiro atoms. The average Bonchev–Trinajstić information content (AvgIpc) is 2.60. The van der Waals surface area contributed by atoms with E-state index in [-0.39, 0.29) is 30.9 Å². The van der Waals surface area contributed by atoms with Gasteiger partial charge in [0.2, 0.25) is 5.91 Å². The lowest BCUT2D eigenvalue weighted by molar-refractivity contribution is -0.120. The number of amides is 3. The maximum atomic E-state index is 12.8. The molecule has 25 heavy (non-hydrogen) atoms. The third-order valence-corrected chi connectivity index (χ3v) is 4.05. The van der Waals surface area contributed by atoms with E-state index in [1.807, 2.05) is 31.2 Å². The summed E-state index contributed by atoms with van der Waals surface area (Å²) in [7, 11) is 0. The van der Waals surface area contributed by atoms with Gasteiger partial charge in [-0.1, -0.05) is 40.2 Å². The van der Waals surface area contributed by atoms with Crippen LogP contribution in [0.3, 0.4) is 0 Å². The highest BCUT2D eigenvalue weighted by Gasteiger charge is 2.10. The number of nitrogens with one attached hydrogen (secondary N) is 3. The van der Waals surface area contributed by atoms with Crippen LogP contribution in [0.4, 0.5) is 9.18 Å². The van der Waals surface area contributed by atoms with E-state index in [1.54, 1.807) is 12.1 Å². The van der Waals surface area contributed by atoms with Gasteiger partial charge in [0, 0.05) is 11.0 Å². The third-order valence-electron chi connectivity index (χ3n) is 3.52. The molecule has 0 saturated carbocycles. The molecule has 0 fully saturated rings. The predicted octanol–water partition coefficient (Wildman–Crippen LogP) is 3.26. The first-order chi connectivity index (χ1) is 11.9. The van der Waals surface area contributed by atoms with Crippen molar-refractivity contribution in [1.82, 2.24) is 16.0 Å². The summed E-state index contributed by atoms with van der Waals surface area (Å²) in [6.07, 6.45) is 0. The van der Waals surface area contributed by atoms with E-state index in [4.69, 9.17) is 0 Å². The Kier molecular flexibility index (Phi) is 6.94. The largest absolute Gasteiger partial charge is 0.348 e. The standard InChI is InChI=1S/C18H19BrFN3O2/c1-12(14-4-6-15(19)7-5-14)23-17(24)11-22-18(25)21-10-13-2-8-16(20)9-3-13/h2-9,12H,10-11H2,1H3,(H,23,24)(H2,21,22,25). The molecule has 132 valence electrons. The Balaban J connectivity index is 1.70. The zero-order chi connectivity index (χ0) is 18.2.